The van der Waals surface area contributed by atoms with Crippen molar-refractivity contribution in [3.05, 3.63) is 42.5 Å². The zero-order valence-corrected chi connectivity index (χ0v) is 10.3. The number of hydrogen-bond acceptors (Lipinski definition) is 4. The largest absolute Gasteiger partial charge is 0.223 e. The van der Waals surface area contributed by atoms with Crippen molar-refractivity contribution >= 4 is 9.84 Å². The second-order valence-corrected chi connectivity index (χ2v) is 6.32. The van der Waals surface area contributed by atoms with Gasteiger partial charge in [-0.2, -0.15) is 10.5 Å². The standard InChI is InChI=1S/C13H10N2O2S/c14-9-13(10-15)7-6-12(8-13)18(16,17)11-4-2-1-3-5-11/h1-7,12H,8H2. The summed E-state index contributed by atoms with van der Waals surface area (Å²) < 4.78 is 24.6. The zero-order chi connectivity index (χ0) is 13.2. The summed E-state index contributed by atoms with van der Waals surface area (Å²) in [4.78, 5) is 0.214. The van der Waals surface area contributed by atoms with Crippen molar-refractivity contribution in [1.82, 2.24) is 0 Å². The molecule has 1 unspecified atom stereocenters. The van der Waals surface area contributed by atoms with Crippen LogP contribution >= 0.6 is 0 Å². The van der Waals surface area contributed by atoms with Crippen LogP contribution in [0.5, 0.6) is 0 Å². The minimum Gasteiger partial charge on any atom is -0.223 e. The Kier molecular flexibility index (Phi) is 2.94. The molecule has 1 aliphatic carbocycles. The molecule has 0 aliphatic heterocycles. The quantitative estimate of drug-likeness (QED) is 0.758. The van der Waals surface area contributed by atoms with Gasteiger partial charge >= 0.3 is 0 Å². The lowest BCUT2D eigenvalue weighted by molar-refractivity contribution is 0.569. The Hall–Kier alpha value is -2.11. The molecule has 0 N–H and O–H groups in total. The third-order valence-corrected chi connectivity index (χ3v) is 5.04. The van der Waals surface area contributed by atoms with Gasteiger partial charge in [-0.05, 0) is 12.1 Å². The number of sulfone groups is 1. The normalized spacial score (nSPS) is 21.1. The van der Waals surface area contributed by atoms with Gasteiger partial charge in [-0.1, -0.05) is 30.4 Å². The van der Waals surface area contributed by atoms with Gasteiger partial charge in [0.2, 0.25) is 0 Å². The van der Waals surface area contributed by atoms with Crippen LogP contribution in [-0.4, -0.2) is 13.7 Å². The van der Waals surface area contributed by atoms with Crippen molar-refractivity contribution in [3.8, 4) is 12.1 Å². The fourth-order valence-corrected chi connectivity index (χ4v) is 3.57. The van der Waals surface area contributed by atoms with Crippen molar-refractivity contribution in [2.24, 2.45) is 5.41 Å². The van der Waals surface area contributed by atoms with Crippen LogP contribution in [0.1, 0.15) is 6.42 Å². The SMILES string of the molecule is N#CC1(C#N)C=CC(S(=O)(=O)c2ccccc2)C1. The maximum absolute atomic E-state index is 12.3. The Morgan fingerprint density at radius 2 is 1.78 bits per heavy atom. The van der Waals surface area contributed by atoms with Crippen LogP contribution in [0.2, 0.25) is 0 Å². The molecule has 0 radical (unpaired) electrons. The monoisotopic (exact) mass is 258 g/mol. The van der Waals surface area contributed by atoms with E-state index in [0.29, 0.717) is 0 Å². The van der Waals surface area contributed by atoms with Crippen LogP contribution in [-0.2, 0) is 9.84 Å². The number of hydrogen-bond donors (Lipinski definition) is 0. The Labute approximate surface area is 106 Å². The van der Waals surface area contributed by atoms with E-state index >= 15 is 0 Å². The molecule has 0 saturated heterocycles. The van der Waals surface area contributed by atoms with Crippen LogP contribution in [0.25, 0.3) is 0 Å². The first kappa shape index (κ1) is 12.3. The minimum atomic E-state index is -3.52. The van der Waals surface area contributed by atoms with E-state index in [1.54, 1.807) is 18.2 Å². The highest BCUT2D eigenvalue weighted by atomic mass is 32.2. The second-order valence-electron chi connectivity index (χ2n) is 4.15. The number of rotatable bonds is 2. The number of nitrogens with zero attached hydrogens (tertiary/aromatic N) is 2. The molecular weight excluding hydrogens is 248 g/mol. The van der Waals surface area contributed by atoms with Crippen LogP contribution in [0.4, 0.5) is 0 Å². The number of nitriles is 2. The summed E-state index contributed by atoms with van der Waals surface area (Å²) in [5.41, 5.74) is -1.31. The van der Waals surface area contributed by atoms with Gasteiger partial charge in [0.1, 0.15) is 0 Å². The van der Waals surface area contributed by atoms with Crippen LogP contribution in [0.3, 0.4) is 0 Å². The van der Waals surface area contributed by atoms with E-state index in [0.717, 1.165) is 0 Å². The van der Waals surface area contributed by atoms with Gasteiger partial charge in [0, 0.05) is 6.42 Å². The first-order chi connectivity index (χ1) is 8.54. The lowest BCUT2D eigenvalue weighted by Crippen LogP contribution is -2.22. The molecule has 1 aliphatic rings. The molecule has 0 saturated carbocycles. The van der Waals surface area contributed by atoms with Gasteiger partial charge in [0.05, 0.1) is 22.3 Å². The lowest BCUT2D eigenvalue weighted by atomic mass is 9.92. The molecule has 0 heterocycles. The molecule has 0 amide bonds. The van der Waals surface area contributed by atoms with E-state index in [1.807, 2.05) is 12.1 Å². The summed E-state index contributed by atoms with van der Waals surface area (Å²) in [5, 5.41) is 17.1. The first-order valence-electron chi connectivity index (χ1n) is 5.35. The van der Waals surface area contributed by atoms with Gasteiger partial charge in [-0.3, -0.25) is 0 Å². The molecule has 18 heavy (non-hydrogen) atoms. The van der Waals surface area contributed by atoms with Gasteiger partial charge in [-0.25, -0.2) is 8.42 Å². The van der Waals surface area contributed by atoms with Gasteiger partial charge in [0.15, 0.2) is 15.3 Å². The highest BCUT2D eigenvalue weighted by Gasteiger charge is 2.41. The average molecular weight is 258 g/mol. The zero-order valence-electron chi connectivity index (χ0n) is 9.45. The van der Waals surface area contributed by atoms with Crippen LogP contribution in [0, 0.1) is 28.1 Å². The predicted octanol–water partition coefficient (Wildman–Crippen LogP) is 1.82. The molecular formula is C13H10N2O2S. The lowest BCUT2D eigenvalue weighted by Gasteiger charge is -2.13. The summed E-state index contributed by atoms with van der Waals surface area (Å²) in [6, 6.07) is 11.8. The van der Waals surface area contributed by atoms with Crippen molar-refractivity contribution in [1.29, 1.82) is 10.5 Å². The van der Waals surface area contributed by atoms with Gasteiger partial charge in [0.25, 0.3) is 0 Å². The summed E-state index contributed by atoms with van der Waals surface area (Å²) in [5.74, 6) is 0. The third kappa shape index (κ3) is 1.90. The van der Waals surface area contributed by atoms with E-state index < -0.39 is 20.5 Å². The molecule has 5 heteroatoms. The summed E-state index contributed by atoms with van der Waals surface area (Å²) in [6.45, 7) is 0. The Morgan fingerprint density at radius 3 is 2.28 bits per heavy atom. The fraction of sp³-hybridized carbons (Fsp3) is 0.231. The maximum atomic E-state index is 12.3. The molecule has 1 aromatic carbocycles. The van der Waals surface area contributed by atoms with E-state index in [2.05, 4.69) is 0 Å². The topological polar surface area (TPSA) is 81.7 Å². The molecule has 0 spiro atoms. The molecule has 0 bridgehead atoms. The van der Waals surface area contributed by atoms with Crippen molar-refractivity contribution < 1.29 is 8.42 Å². The van der Waals surface area contributed by atoms with E-state index in [9.17, 15) is 8.42 Å². The van der Waals surface area contributed by atoms with Crippen molar-refractivity contribution in [3.63, 3.8) is 0 Å². The summed E-state index contributed by atoms with van der Waals surface area (Å²) in [7, 11) is -3.52. The smallest absolute Gasteiger partial charge is 0.184 e. The molecule has 90 valence electrons. The highest BCUT2D eigenvalue weighted by Crippen LogP contribution is 2.36. The fourth-order valence-electron chi connectivity index (χ4n) is 1.91. The van der Waals surface area contributed by atoms with Crippen LogP contribution < -0.4 is 0 Å². The maximum Gasteiger partial charge on any atom is 0.184 e. The molecule has 0 fully saturated rings. The molecule has 1 atom stereocenters. The highest BCUT2D eigenvalue weighted by molar-refractivity contribution is 7.92. The number of allylic oxidation sites excluding steroid dienone is 1. The number of benzene rings is 1. The molecule has 4 nitrogen and oxygen atoms in total. The van der Waals surface area contributed by atoms with Gasteiger partial charge in [-0.15, -0.1) is 0 Å². The third-order valence-electron chi connectivity index (χ3n) is 2.99. The van der Waals surface area contributed by atoms with Crippen LogP contribution in [0.15, 0.2) is 47.4 Å². The first-order valence-corrected chi connectivity index (χ1v) is 6.89. The summed E-state index contributed by atoms with van der Waals surface area (Å²) >= 11 is 0. The van der Waals surface area contributed by atoms with E-state index in [4.69, 9.17) is 10.5 Å². The molecule has 1 aromatic rings. The summed E-state index contributed by atoms with van der Waals surface area (Å²) in [6.07, 6.45) is 2.82. The van der Waals surface area contributed by atoms with E-state index in [1.165, 1.54) is 24.3 Å². The average Bonchev–Trinajstić information content (AvgIpc) is 2.85. The Balaban J connectivity index is 2.36. The Morgan fingerprint density at radius 1 is 1.17 bits per heavy atom. The molecule has 2 rings (SSSR count). The van der Waals surface area contributed by atoms with Crippen molar-refractivity contribution in [2.45, 2.75) is 16.6 Å². The second kappa shape index (κ2) is 4.29. The molecule has 0 aromatic heterocycles. The minimum absolute atomic E-state index is 0.00275. The van der Waals surface area contributed by atoms with E-state index in [-0.39, 0.29) is 11.3 Å². The predicted molar refractivity (Wildman–Crippen MR) is 64.8 cm³/mol. The Bertz CT molecular complexity index is 649. The van der Waals surface area contributed by atoms with Gasteiger partial charge < -0.3 is 0 Å². The van der Waals surface area contributed by atoms with Crippen molar-refractivity contribution in [2.75, 3.05) is 0 Å².